The molecule has 3 aromatic rings. The molecule has 2 heterocycles. The third-order valence-electron chi connectivity index (χ3n) is 3.73. The Bertz CT molecular complexity index is 1130. The first-order valence-electron chi connectivity index (χ1n) is 8.27. The number of rotatable bonds is 6. The quantitative estimate of drug-likeness (QED) is 0.377. The SMILES string of the molecule is O=C(NNc1ncnc(Nc2ccc(Cl)c(C(F)(F)F)c2)c1[N+](=O)[O-])c1ccccn1. The Labute approximate surface area is 176 Å². The van der Waals surface area contributed by atoms with Crippen molar-refractivity contribution in [3.63, 3.8) is 0 Å². The minimum atomic E-state index is -4.73. The van der Waals surface area contributed by atoms with Crippen LogP contribution in [-0.4, -0.2) is 25.8 Å². The largest absolute Gasteiger partial charge is 0.417 e. The summed E-state index contributed by atoms with van der Waals surface area (Å²) in [7, 11) is 0. The average Bonchev–Trinajstić information content (AvgIpc) is 2.73. The second kappa shape index (κ2) is 8.79. The Balaban J connectivity index is 1.87. The molecule has 0 aliphatic heterocycles. The number of carbonyl (C=O) groups excluding carboxylic acids is 1. The van der Waals surface area contributed by atoms with E-state index < -0.39 is 44.9 Å². The predicted molar refractivity (Wildman–Crippen MR) is 104 cm³/mol. The molecule has 31 heavy (non-hydrogen) atoms. The highest BCUT2D eigenvalue weighted by atomic mass is 35.5. The minimum absolute atomic E-state index is 0.0332. The van der Waals surface area contributed by atoms with Crippen LogP contribution in [0.1, 0.15) is 16.1 Å². The van der Waals surface area contributed by atoms with Gasteiger partial charge in [0.25, 0.3) is 5.91 Å². The number of hydrogen-bond donors (Lipinski definition) is 3. The standard InChI is InChI=1S/C17H11ClF3N7O3/c18-11-5-4-9(7-10(11)17(19,20)21)25-14-13(28(30)31)15(24-8-23-14)26-27-16(29)12-3-1-2-6-22-12/h1-8H,(H,27,29)(H2,23,24,25,26). The zero-order chi connectivity index (χ0) is 22.6. The van der Waals surface area contributed by atoms with Gasteiger partial charge >= 0.3 is 11.9 Å². The number of halogens is 4. The second-order valence-electron chi connectivity index (χ2n) is 5.79. The number of benzene rings is 1. The number of aromatic nitrogens is 3. The number of amides is 1. The van der Waals surface area contributed by atoms with Crippen LogP contribution in [0.2, 0.25) is 5.02 Å². The van der Waals surface area contributed by atoms with Crippen molar-refractivity contribution < 1.29 is 22.9 Å². The molecule has 3 N–H and O–H groups in total. The summed E-state index contributed by atoms with van der Waals surface area (Å²) in [5.74, 6) is -1.52. The van der Waals surface area contributed by atoms with Crippen molar-refractivity contribution in [1.82, 2.24) is 20.4 Å². The van der Waals surface area contributed by atoms with Gasteiger partial charge in [0.15, 0.2) is 0 Å². The van der Waals surface area contributed by atoms with Crippen LogP contribution in [0.3, 0.4) is 0 Å². The van der Waals surface area contributed by atoms with Gasteiger partial charge in [-0.3, -0.25) is 30.7 Å². The molecular weight excluding hydrogens is 443 g/mol. The molecule has 0 aliphatic rings. The summed E-state index contributed by atoms with van der Waals surface area (Å²) in [6.45, 7) is 0. The number of hydrazine groups is 1. The molecule has 0 saturated heterocycles. The highest BCUT2D eigenvalue weighted by Crippen LogP contribution is 2.37. The smallest absolute Gasteiger partial charge is 0.334 e. The first-order valence-corrected chi connectivity index (χ1v) is 8.65. The molecule has 0 radical (unpaired) electrons. The predicted octanol–water partition coefficient (Wildman–Crippen LogP) is 3.95. The topological polar surface area (TPSA) is 135 Å². The van der Waals surface area contributed by atoms with Crippen molar-refractivity contribution in [1.29, 1.82) is 0 Å². The summed E-state index contributed by atoms with van der Waals surface area (Å²) in [6.07, 6.45) is -2.43. The Morgan fingerprint density at radius 1 is 1.10 bits per heavy atom. The van der Waals surface area contributed by atoms with E-state index in [4.69, 9.17) is 11.6 Å². The van der Waals surface area contributed by atoms with Gasteiger partial charge in [-0.05, 0) is 30.3 Å². The highest BCUT2D eigenvalue weighted by Gasteiger charge is 2.33. The summed E-state index contributed by atoms with van der Waals surface area (Å²) >= 11 is 5.58. The molecule has 0 bridgehead atoms. The van der Waals surface area contributed by atoms with Gasteiger partial charge in [-0.15, -0.1) is 0 Å². The number of carbonyl (C=O) groups is 1. The van der Waals surface area contributed by atoms with Crippen LogP contribution in [0.4, 0.5) is 36.2 Å². The summed E-state index contributed by atoms with van der Waals surface area (Å²) in [5, 5.41) is 13.5. The third-order valence-corrected chi connectivity index (χ3v) is 4.06. The van der Waals surface area contributed by atoms with Gasteiger partial charge < -0.3 is 5.32 Å². The first kappa shape index (κ1) is 21.7. The molecule has 0 fully saturated rings. The normalized spacial score (nSPS) is 11.0. The highest BCUT2D eigenvalue weighted by molar-refractivity contribution is 6.31. The number of alkyl halides is 3. The molecular formula is C17H11ClF3N7O3. The van der Waals surface area contributed by atoms with E-state index in [2.05, 4.69) is 31.1 Å². The van der Waals surface area contributed by atoms with Crippen molar-refractivity contribution in [3.8, 4) is 0 Å². The van der Waals surface area contributed by atoms with E-state index in [0.717, 1.165) is 12.4 Å². The van der Waals surface area contributed by atoms with E-state index in [1.807, 2.05) is 0 Å². The Kier molecular flexibility index (Phi) is 6.15. The molecule has 0 unspecified atom stereocenters. The molecule has 10 nitrogen and oxygen atoms in total. The Morgan fingerprint density at radius 3 is 2.48 bits per heavy atom. The lowest BCUT2D eigenvalue weighted by atomic mass is 10.2. The molecule has 0 saturated carbocycles. The fourth-order valence-electron chi connectivity index (χ4n) is 2.37. The lowest BCUT2D eigenvalue weighted by molar-refractivity contribution is -0.383. The molecule has 0 atom stereocenters. The molecule has 160 valence electrons. The Hall–Kier alpha value is -4.00. The molecule has 0 aliphatic carbocycles. The minimum Gasteiger partial charge on any atom is -0.334 e. The van der Waals surface area contributed by atoms with Gasteiger partial charge in [0, 0.05) is 11.9 Å². The van der Waals surface area contributed by atoms with Gasteiger partial charge in [0.2, 0.25) is 11.6 Å². The maximum atomic E-state index is 13.1. The van der Waals surface area contributed by atoms with Crippen molar-refractivity contribution in [3.05, 3.63) is 75.3 Å². The summed E-state index contributed by atoms with van der Waals surface area (Å²) in [6, 6.07) is 7.45. The number of nitrogens with zero attached hydrogens (tertiary/aromatic N) is 4. The van der Waals surface area contributed by atoms with Crippen molar-refractivity contribution in [2.24, 2.45) is 0 Å². The molecule has 2 aromatic heterocycles. The van der Waals surface area contributed by atoms with E-state index in [0.29, 0.717) is 6.07 Å². The van der Waals surface area contributed by atoms with Crippen molar-refractivity contribution in [2.45, 2.75) is 6.18 Å². The fraction of sp³-hybridized carbons (Fsp3) is 0.0588. The van der Waals surface area contributed by atoms with E-state index in [1.165, 1.54) is 18.3 Å². The van der Waals surface area contributed by atoms with E-state index >= 15 is 0 Å². The molecule has 3 rings (SSSR count). The van der Waals surface area contributed by atoms with Gasteiger partial charge in [-0.1, -0.05) is 17.7 Å². The number of pyridine rings is 1. The van der Waals surface area contributed by atoms with Gasteiger partial charge in [0.05, 0.1) is 15.5 Å². The van der Waals surface area contributed by atoms with Crippen LogP contribution in [-0.2, 0) is 6.18 Å². The van der Waals surface area contributed by atoms with Crippen LogP contribution >= 0.6 is 11.6 Å². The molecule has 0 spiro atoms. The maximum absolute atomic E-state index is 13.1. The van der Waals surface area contributed by atoms with Crippen LogP contribution in [0, 0.1) is 10.1 Å². The fourth-order valence-corrected chi connectivity index (χ4v) is 2.59. The summed E-state index contributed by atoms with van der Waals surface area (Å²) in [4.78, 5) is 34.0. The zero-order valence-electron chi connectivity index (χ0n) is 15.1. The van der Waals surface area contributed by atoms with E-state index in [-0.39, 0.29) is 11.4 Å². The van der Waals surface area contributed by atoms with Crippen LogP contribution in [0.15, 0.2) is 48.9 Å². The molecule has 1 aromatic carbocycles. The van der Waals surface area contributed by atoms with Crippen LogP contribution < -0.4 is 16.2 Å². The molecule has 14 heteroatoms. The lowest BCUT2D eigenvalue weighted by Crippen LogP contribution is -2.31. The summed E-state index contributed by atoms with van der Waals surface area (Å²) in [5.41, 5.74) is 2.53. The Morgan fingerprint density at radius 2 is 1.84 bits per heavy atom. The van der Waals surface area contributed by atoms with Gasteiger partial charge in [0.1, 0.15) is 12.0 Å². The number of nitro groups is 1. The lowest BCUT2D eigenvalue weighted by Gasteiger charge is -2.13. The average molecular weight is 454 g/mol. The zero-order valence-corrected chi connectivity index (χ0v) is 15.9. The monoisotopic (exact) mass is 453 g/mol. The van der Waals surface area contributed by atoms with Crippen LogP contribution in [0.25, 0.3) is 0 Å². The van der Waals surface area contributed by atoms with Crippen LogP contribution in [0.5, 0.6) is 0 Å². The second-order valence-corrected chi connectivity index (χ2v) is 6.20. The number of hydrogen-bond acceptors (Lipinski definition) is 8. The number of anilines is 3. The summed E-state index contributed by atoms with van der Waals surface area (Å²) < 4.78 is 39.2. The van der Waals surface area contributed by atoms with E-state index in [9.17, 15) is 28.1 Å². The van der Waals surface area contributed by atoms with Crippen molar-refractivity contribution >= 4 is 40.5 Å². The first-order chi connectivity index (χ1) is 14.7. The molecule has 1 amide bonds. The van der Waals surface area contributed by atoms with Gasteiger partial charge in [-0.25, -0.2) is 9.97 Å². The third kappa shape index (κ3) is 5.14. The van der Waals surface area contributed by atoms with E-state index in [1.54, 1.807) is 12.1 Å². The maximum Gasteiger partial charge on any atom is 0.417 e. The van der Waals surface area contributed by atoms with Gasteiger partial charge in [-0.2, -0.15) is 13.2 Å². The number of nitrogens with one attached hydrogen (secondary N) is 3. The van der Waals surface area contributed by atoms with Crippen molar-refractivity contribution in [2.75, 3.05) is 10.7 Å².